The molecule has 0 aliphatic heterocycles. The second kappa shape index (κ2) is 22.4. The second-order valence-electron chi connectivity index (χ2n) is 10.0. The third-order valence-electron chi connectivity index (χ3n) is 5.25. The molecule has 0 saturated carbocycles. The van der Waals surface area contributed by atoms with Crippen LogP contribution >= 0.6 is 7.82 Å². The van der Waals surface area contributed by atoms with Crippen LogP contribution in [0.2, 0.25) is 0 Å². The molecule has 0 heterocycles. The number of allylic oxidation sites excluding steroid dienone is 7. The van der Waals surface area contributed by atoms with Crippen molar-refractivity contribution in [3.8, 4) is 0 Å². The van der Waals surface area contributed by atoms with Crippen LogP contribution in [0.5, 0.6) is 0 Å². The van der Waals surface area contributed by atoms with Gasteiger partial charge in [0.25, 0.3) is 7.82 Å². The Morgan fingerprint density at radius 1 is 0.865 bits per heavy atom. The predicted molar refractivity (Wildman–Crippen MR) is 148 cm³/mol. The Morgan fingerprint density at radius 2 is 1.43 bits per heavy atom. The lowest BCUT2D eigenvalue weighted by atomic mass is 10.1. The molecule has 1 N–H and O–H groups in total. The summed E-state index contributed by atoms with van der Waals surface area (Å²) in [5.41, 5.74) is 0. The average Bonchev–Trinajstić information content (AvgIpc) is 2.82. The SMILES string of the molecule is CCCCCCCCCCC/C=C\C=C\C=CC=CC(=O)OC[C@@H](O)COP(=O)([O-])OCC[N+](C)(C)C. The van der Waals surface area contributed by atoms with Gasteiger partial charge in [0.1, 0.15) is 25.9 Å². The third kappa shape index (κ3) is 27.3. The summed E-state index contributed by atoms with van der Waals surface area (Å²) in [6.45, 7) is 1.74. The van der Waals surface area contributed by atoms with Crippen molar-refractivity contribution in [2.45, 2.75) is 77.2 Å². The largest absolute Gasteiger partial charge is 0.756 e. The number of carbonyl (C=O) groups excluding carboxylic acids is 1. The summed E-state index contributed by atoms with van der Waals surface area (Å²) in [4.78, 5) is 23.3. The second-order valence-corrected chi connectivity index (χ2v) is 11.5. The number of aliphatic hydroxyl groups excluding tert-OH is 1. The molecule has 8 nitrogen and oxygen atoms in total. The molecule has 0 aromatic rings. The van der Waals surface area contributed by atoms with Crippen molar-refractivity contribution in [2.24, 2.45) is 0 Å². The minimum Gasteiger partial charge on any atom is -0.756 e. The van der Waals surface area contributed by atoms with E-state index in [1.54, 1.807) is 12.2 Å². The molecule has 0 aromatic heterocycles. The summed E-state index contributed by atoms with van der Waals surface area (Å²) in [7, 11) is 1.18. The molecule has 0 aliphatic carbocycles. The number of nitrogens with zero attached hydrogens (tertiary/aromatic N) is 1. The Labute approximate surface area is 224 Å². The highest BCUT2D eigenvalue weighted by Crippen LogP contribution is 2.38. The maximum Gasteiger partial charge on any atom is 0.330 e. The standard InChI is InChI=1S/C28H50NO7P/c1-5-6-7-8-9-10-11-12-13-14-15-16-17-18-19-20-21-22-28(31)34-25-27(30)26-36-37(32,33)35-24-23-29(2,3)4/h15-22,27,30H,5-14,23-26H2,1-4H3/b16-15-,18-17+,20-19?,22-21?/t27-/m1/s1. The molecule has 0 saturated heterocycles. The molecule has 2 atom stereocenters. The molecule has 37 heavy (non-hydrogen) atoms. The van der Waals surface area contributed by atoms with E-state index < -0.39 is 33.1 Å². The number of unbranched alkanes of at least 4 members (excludes halogenated alkanes) is 9. The van der Waals surface area contributed by atoms with E-state index in [0.717, 1.165) is 6.42 Å². The van der Waals surface area contributed by atoms with E-state index in [1.165, 1.54) is 69.9 Å². The Morgan fingerprint density at radius 3 is 2.05 bits per heavy atom. The molecule has 0 radical (unpaired) electrons. The van der Waals surface area contributed by atoms with Gasteiger partial charge in [0.15, 0.2) is 0 Å². The van der Waals surface area contributed by atoms with Gasteiger partial charge < -0.3 is 28.3 Å². The van der Waals surface area contributed by atoms with Crippen molar-refractivity contribution in [2.75, 3.05) is 47.5 Å². The van der Waals surface area contributed by atoms with Crippen molar-refractivity contribution < 1.29 is 37.6 Å². The molecule has 9 heteroatoms. The average molecular weight is 544 g/mol. The summed E-state index contributed by atoms with van der Waals surface area (Å²) in [6, 6.07) is 0. The highest BCUT2D eigenvalue weighted by Gasteiger charge is 2.16. The normalized spacial score (nSPS) is 15.3. The fourth-order valence-electron chi connectivity index (χ4n) is 3.05. The number of aliphatic hydroxyl groups is 1. The van der Waals surface area contributed by atoms with Crippen LogP contribution in [0.3, 0.4) is 0 Å². The lowest BCUT2D eigenvalue weighted by Gasteiger charge is -2.27. The van der Waals surface area contributed by atoms with Crippen molar-refractivity contribution in [3.05, 3.63) is 48.6 Å². The molecule has 1 unspecified atom stereocenters. The zero-order valence-corrected chi connectivity index (χ0v) is 24.3. The van der Waals surface area contributed by atoms with Gasteiger partial charge in [-0.1, -0.05) is 101 Å². The Bertz CT molecular complexity index is 741. The number of phosphoric acid groups is 1. The number of likely N-dealkylation sites (N-methyl/N-ethyl adjacent to an activating group) is 1. The maximum absolute atomic E-state index is 11.7. The highest BCUT2D eigenvalue weighted by atomic mass is 31.2. The first-order valence-corrected chi connectivity index (χ1v) is 14.9. The van der Waals surface area contributed by atoms with Gasteiger partial charge in [-0.25, -0.2) is 4.79 Å². The number of quaternary nitrogens is 1. The van der Waals surface area contributed by atoms with E-state index in [-0.39, 0.29) is 6.61 Å². The third-order valence-corrected chi connectivity index (χ3v) is 6.22. The quantitative estimate of drug-likeness (QED) is 0.0469. The van der Waals surface area contributed by atoms with Gasteiger partial charge in [0.05, 0.1) is 27.7 Å². The molecule has 0 bridgehead atoms. The lowest BCUT2D eigenvalue weighted by molar-refractivity contribution is -0.870. The molecule has 214 valence electrons. The van der Waals surface area contributed by atoms with E-state index in [2.05, 4.69) is 17.5 Å². The number of carbonyl (C=O) groups is 1. The number of rotatable bonds is 23. The fraction of sp³-hybridized carbons (Fsp3) is 0.679. The van der Waals surface area contributed by atoms with Gasteiger partial charge in [0, 0.05) is 6.08 Å². The van der Waals surface area contributed by atoms with Crippen LogP contribution in [0.4, 0.5) is 0 Å². The minimum absolute atomic E-state index is 0.0293. The predicted octanol–water partition coefficient (Wildman–Crippen LogP) is 5.24. The summed E-state index contributed by atoms with van der Waals surface area (Å²) < 4.78 is 26.4. The Kier molecular flexibility index (Phi) is 21.5. The number of esters is 1. The Hall–Kier alpha value is -1.54. The van der Waals surface area contributed by atoms with Crippen LogP contribution in [-0.2, 0) is 23.1 Å². The summed E-state index contributed by atoms with van der Waals surface area (Å²) in [6.07, 6.45) is 26.0. The first-order chi connectivity index (χ1) is 17.6. The smallest absolute Gasteiger partial charge is 0.330 e. The lowest BCUT2D eigenvalue weighted by Crippen LogP contribution is -2.37. The van der Waals surface area contributed by atoms with E-state index in [9.17, 15) is 19.4 Å². The molecule has 0 aliphatic rings. The van der Waals surface area contributed by atoms with Gasteiger partial charge in [-0.05, 0) is 12.8 Å². The fourth-order valence-corrected chi connectivity index (χ4v) is 3.79. The van der Waals surface area contributed by atoms with Crippen LogP contribution < -0.4 is 4.89 Å². The topological polar surface area (TPSA) is 105 Å². The molecule has 0 spiro atoms. The number of ether oxygens (including phenoxy) is 1. The van der Waals surface area contributed by atoms with Crippen LogP contribution in [-0.4, -0.2) is 69.2 Å². The van der Waals surface area contributed by atoms with Crippen LogP contribution in [0, 0.1) is 0 Å². The summed E-state index contributed by atoms with van der Waals surface area (Å²) in [5.74, 6) is -0.655. The van der Waals surface area contributed by atoms with Crippen LogP contribution in [0.15, 0.2) is 48.6 Å². The van der Waals surface area contributed by atoms with Gasteiger partial charge >= 0.3 is 5.97 Å². The zero-order chi connectivity index (χ0) is 27.8. The molecule has 0 aromatic carbocycles. The molecular weight excluding hydrogens is 493 g/mol. The van der Waals surface area contributed by atoms with Crippen molar-refractivity contribution in [3.63, 3.8) is 0 Å². The monoisotopic (exact) mass is 543 g/mol. The Balaban J connectivity index is 3.85. The van der Waals surface area contributed by atoms with Crippen molar-refractivity contribution in [1.29, 1.82) is 0 Å². The molecule has 0 fully saturated rings. The maximum atomic E-state index is 11.7. The first kappa shape index (κ1) is 35.5. The minimum atomic E-state index is -4.52. The van der Waals surface area contributed by atoms with Crippen molar-refractivity contribution in [1.82, 2.24) is 0 Å². The first-order valence-electron chi connectivity index (χ1n) is 13.5. The van der Waals surface area contributed by atoms with Gasteiger partial charge in [0.2, 0.25) is 0 Å². The van der Waals surface area contributed by atoms with E-state index >= 15 is 0 Å². The molecule has 0 rings (SSSR count). The zero-order valence-electron chi connectivity index (χ0n) is 23.4. The van der Waals surface area contributed by atoms with Crippen molar-refractivity contribution >= 4 is 13.8 Å². The van der Waals surface area contributed by atoms with Gasteiger partial charge in [-0.2, -0.15) is 0 Å². The molecular formula is C28H50NO7P. The summed E-state index contributed by atoms with van der Waals surface area (Å²) >= 11 is 0. The van der Waals surface area contributed by atoms with Crippen LogP contribution in [0.25, 0.3) is 0 Å². The number of phosphoric ester groups is 1. The van der Waals surface area contributed by atoms with E-state index in [1.807, 2.05) is 39.4 Å². The summed E-state index contributed by atoms with van der Waals surface area (Å²) in [5, 5.41) is 9.76. The van der Waals surface area contributed by atoms with E-state index in [0.29, 0.717) is 11.0 Å². The van der Waals surface area contributed by atoms with Crippen LogP contribution in [0.1, 0.15) is 71.1 Å². The number of hydrogen-bond acceptors (Lipinski definition) is 7. The van der Waals surface area contributed by atoms with Gasteiger partial charge in [-0.3, -0.25) is 4.57 Å². The van der Waals surface area contributed by atoms with E-state index in [4.69, 9.17) is 9.26 Å². The number of hydrogen-bond donors (Lipinski definition) is 1. The van der Waals surface area contributed by atoms with Gasteiger partial charge in [-0.15, -0.1) is 0 Å². The molecule has 0 amide bonds. The highest BCUT2D eigenvalue weighted by molar-refractivity contribution is 7.45.